The summed E-state index contributed by atoms with van der Waals surface area (Å²) in [5.41, 5.74) is 1.57. The molecule has 180 valence electrons. The number of esters is 2. The van der Waals surface area contributed by atoms with Crippen LogP contribution in [0.15, 0.2) is 28.7 Å². The van der Waals surface area contributed by atoms with Gasteiger partial charge in [-0.05, 0) is 40.2 Å². The second-order valence-electron chi connectivity index (χ2n) is 7.57. The summed E-state index contributed by atoms with van der Waals surface area (Å²) in [4.78, 5) is 25.1. The van der Waals surface area contributed by atoms with E-state index in [1.54, 1.807) is 7.05 Å². The smallest absolute Gasteiger partial charge is 0.367 e. The number of carbonyl (C=O) groups is 2. The Balaban J connectivity index is 1.60. The normalized spacial score (nSPS) is 15.0. The standard InChI is InChI=1S/C20H26BrN5O6S/c1-14(27)32-20(28)19-18(21)17(24(4)22-19)13-31-16-7-5-15(6-8-16)25-9-11-26(12-10-25)33(29,30)23(2)3/h5-8H,9-13H2,1-4H3. The summed E-state index contributed by atoms with van der Waals surface area (Å²) in [6, 6.07) is 7.49. The van der Waals surface area contributed by atoms with Crippen LogP contribution in [0.1, 0.15) is 23.1 Å². The van der Waals surface area contributed by atoms with Gasteiger partial charge in [0.05, 0.1) is 10.2 Å². The Labute approximate surface area is 201 Å². The van der Waals surface area contributed by atoms with Crippen LogP contribution in [0.2, 0.25) is 0 Å². The number of piperazine rings is 1. The number of nitrogens with zero attached hydrogens (tertiary/aromatic N) is 5. The van der Waals surface area contributed by atoms with Crippen LogP contribution in [-0.4, -0.2) is 79.0 Å². The van der Waals surface area contributed by atoms with E-state index in [1.807, 2.05) is 24.3 Å². The molecule has 0 atom stereocenters. The monoisotopic (exact) mass is 543 g/mol. The Morgan fingerprint density at radius 2 is 1.73 bits per heavy atom. The molecule has 13 heteroatoms. The maximum atomic E-state index is 12.3. The minimum atomic E-state index is -3.40. The van der Waals surface area contributed by atoms with Crippen LogP contribution >= 0.6 is 15.9 Å². The molecule has 33 heavy (non-hydrogen) atoms. The molecule has 0 bridgehead atoms. The highest BCUT2D eigenvalue weighted by atomic mass is 79.9. The first-order chi connectivity index (χ1) is 15.5. The van der Waals surface area contributed by atoms with Crippen LogP contribution in [0, 0.1) is 0 Å². The number of benzene rings is 1. The molecule has 1 aliphatic heterocycles. The van der Waals surface area contributed by atoms with Crippen molar-refractivity contribution >= 4 is 43.8 Å². The van der Waals surface area contributed by atoms with Gasteiger partial charge >= 0.3 is 11.9 Å². The molecule has 1 aliphatic rings. The Kier molecular flexibility index (Phi) is 7.77. The zero-order chi connectivity index (χ0) is 24.3. The van der Waals surface area contributed by atoms with Gasteiger partial charge in [-0.15, -0.1) is 0 Å². The summed E-state index contributed by atoms with van der Waals surface area (Å²) in [6.07, 6.45) is 0. The van der Waals surface area contributed by atoms with Gasteiger partial charge in [-0.25, -0.2) is 4.79 Å². The lowest BCUT2D eigenvalue weighted by Gasteiger charge is -2.36. The van der Waals surface area contributed by atoms with Gasteiger partial charge in [-0.1, -0.05) is 0 Å². The number of rotatable bonds is 7. The van der Waals surface area contributed by atoms with E-state index in [0.717, 1.165) is 12.6 Å². The topological polar surface area (TPSA) is 114 Å². The van der Waals surface area contributed by atoms with Crippen molar-refractivity contribution in [1.82, 2.24) is 18.4 Å². The van der Waals surface area contributed by atoms with Crippen molar-refractivity contribution in [2.75, 3.05) is 45.2 Å². The molecule has 0 amide bonds. The molecule has 1 saturated heterocycles. The van der Waals surface area contributed by atoms with Crippen molar-refractivity contribution in [3.05, 3.63) is 40.1 Å². The Morgan fingerprint density at radius 1 is 1.12 bits per heavy atom. The summed E-state index contributed by atoms with van der Waals surface area (Å²) in [5, 5.41) is 4.09. The molecule has 0 N–H and O–H groups in total. The molecule has 2 aromatic rings. The fourth-order valence-electron chi connectivity index (χ4n) is 3.31. The molecule has 2 heterocycles. The fraction of sp³-hybridized carbons (Fsp3) is 0.450. The first kappa shape index (κ1) is 25.1. The van der Waals surface area contributed by atoms with E-state index in [1.165, 1.54) is 27.4 Å². The van der Waals surface area contributed by atoms with E-state index >= 15 is 0 Å². The number of hydrogen-bond donors (Lipinski definition) is 0. The van der Waals surface area contributed by atoms with E-state index < -0.39 is 22.1 Å². The molecule has 11 nitrogen and oxygen atoms in total. The third-order valence-corrected chi connectivity index (χ3v) is 7.91. The van der Waals surface area contributed by atoms with Crippen LogP contribution in [0.3, 0.4) is 0 Å². The molecule has 0 radical (unpaired) electrons. The van der Waals surface area contributed by atoms with Gasteiger partial charge in [0.1, 0.15) is 12.4 Å². The van der Waals surface area contributed by atoms with E-state index in [4.69, 9.17) is 4.74 Å². The van der Waals surface area contributed by atoms with Gasteiger partial charge in [0.25, 0.3) is 10.2 Å². The number of ether oxygens (including phenoxy) is 2. The Morgan fingerprint density at radius 3 is 2.27 bits per heavy atom. The summed E-state index contributed by atoms with van der Waals surface area (Å²) < 4.78 is 39.5. The average molecular weight is 544 g/mol. The highest BCUT2D eigenvalue weighted by Crippen LogP contribution is 2.25. The van der Waals surface area contributed by atoms with Gasteiger partial charge in [-0.2, -0.15) is 22.1 Å². The molecular formula is C20H26BrN5O6S. The minimum Gasteiger partial charge on any atom is -0.487 e. The van der Waals surface area contributed by atoms with Crippen molar-refractivity contribution in [1.29, 1.82) is 0 Å². The number of hydrogen-bond acceptors (Lipinski definition) is 8. The van der Waals surface area contributed by atoms with Gasteiger partial charge < -0.3 is 14.4 Å². The number of carbonyl (C=O) groups excluding carboxylic acids is 2. The van der Waals surface area contributed by atoms with Crippen molar-refractivity contribution < 1.29 is 27.5 Å². The van der Waals surface area contributed by atoms with Crippen molar-refractivity contribution in [2.24, 2.45) is 7.05 Å². The zero-order valence-electron chi connectivity index (χ0n) is 18.8. The van der Waals surface area contributed by atoms with Crippen molar-refractivity contribution in [2.45, 2.75) is 13.5 Å². The Bertz CT molecular complexity index is 1120. The van der Waals surface area contributed by atoms with Gasteiger partial charge in [0.2, 0.25) is 0 Å². The van der Waals surface area contributed by atoms with Crippen LogP contribution in [0.5, 0.6) is 5.75 Å². The minimum absolute atomic E-state index is 0.00271. The van der Waals surface area contributed by atoms with Crippen LogP contribution < -0.4 is 9.64 Å². The van der Waals surface area contributed by atoms with Crippen molar-refractivity contribution in [3.8, 4) is 5.75 Å². The predicted molar refractivity (Wildman–Crippen MR) is 124 cm³/mol. The number of aryl methyl sites for hydroxylation is 1. The van der Waals surface area contributed by atoms with Crippen LogP contribution in [0.25, 0.3) is 0 Å². The molecule has 0 saturated carbocycles. The lowest BCUT2D eigenvalue weighted by Crippen LogP contribution is -2.51. The summed E-state index contributed by atoms with van der Waals surface area (Å²) >= 11 is 3.33. The lowest BCUT2D eigenvalue weighted by molar-refractivity contribution is -0.135. The van der Waals surface area contributed by atoms with Gasteiger partial charge in [0.15, 0.2) is 5.69 Å². The first-order valence-corrected chi connectivity index (χ1v) is 12.3. The number of aromatic nitrogens is 2. The average Bonchev–Trinajstić information content (AvgIpc) is 3.05. The molecule has 3 rings (SSSR count). The second-order valence-corrected chi connectivity index (χ2v) is 10.5. The van der Waals surface area contributed by atoms with E-state index in [2.05, 4.69) is 30.7 Å². The Hall–Kier alpha value is -2.48. The molecular weight excluding hydrogens is 518 g/mol. The van der Waals surface area contributed by atoms with Crippen LogP contribution in [-0.2, 0) is 33.4 Å². The molecule has 1 aromatic heterocycles. The number of halogens is 1. The fourth-order valence-corrected chi connectivity index (χ4v) is 5.01. The third kappa shape index (κ3) is 5.72. The summed E-state index contributed by atoms with van der Waals surface area (Å²) in [6.45, 7) is 3.30. The molecule has 0 aliphatic carbocycles. The first-order valence-electron chi connectivity index (χ1n) is 10.1. The molecule has 1 aromatic carbocycles. The molecule has 1 fully saturated rings. The van der Waals surface area contributed by atoms with E-state index in [0.29, 0.717) is 42.1 Å². The third-order valence-electron chi connectivity index (χ3n) is 5.14. The van der Waals surface area contributed by atoms with Gasteiger partial charge in [-0.3, -0.25) is 9.48 Å². The largest absolute Gasteiger partial charge is 0.487 e. The zero-order valence-corrected chi connectivity index (χ0v) is 21.2. The highest BCUT2D eigenvalue weighted by Gasteiger charge is 2.28. The second kappa shape index (κ2) is 10.2. The maximum absolute atomic E-state index is 12.3. The van der Waals surface area contributed by atoms with Crippen LogP contribution in [0.4, 0.5) is 5.69 Å². The lowest BCUT2D eigenvalue weighted by atomic mass is 10.2. The SMILES string of the molecule is CC(=O)OC(=O)c1nn(C)c(COc2ccc(N3CCN(S(=O)(=O)N(C)C)CC3)cc2)c1Br. The highest BCUT2D eigenvalue weighted by molar-refractivity contribution is 9.10. The van der Waals surface area contributed by atoms with Gasteiger partial charge in [0, 0.05) is 59.9 Å². The predicted octanol–water partition coefficient (Wildman–Crippen LogP) is 1.39. The molecule has 0 spiro atoms. The van der Waals surface area contributed by atoms with Crippen molar-refractivity contribution in [3.63, 3.8) is 0 Å². The molecule has 0 unspecified atom stereocenters. The van der Waals surface area contributed by atoms with E-state index in [9.17, 15) is 18.0 Å². The quantitative estimate of drug-likeness (QED) is 0.380. The number of anilines is 1. The van der Waals surface area contributed by atoms with E-state index in [-0.39, 0.29) is 12.3 Å². The maximum Gasteiger partial charge on any atom is 0.367 e. The summed E-state index contributed by atoms with van der Waals surface area (Å²) in [7, 11) is 1.32. The summed E-state index contributed by atoms with van der Waals surface area (Å²) in [5.74, 6) is -0.927.